The Bertz CT molecular complexity index is 1200. The number of aliphatic hydroxyl groups is 1. The maximum atomic E-state index is 12.6. The van der Waals surface area contributed by atoms with Crippen molar-refractivity contribution in [1.82, 2.24) is 25.2 Å². The molecule has 0 aromatic carbocycles. The zero-order valence-corrected chi connectivity index (χ0v) is 22.3. The number of nitrogens with one attached hydrogen (secondary N) is 3. The molecule has 198 valence electrons. The van der Waals surface area contributed by atoms with Crippen LogP contribution in [-0.4, -0.2) is 68.5 Å². The lowest BCUT2D eigenvalue weighted by atomic mass is 9.91. The van der Waals surface area contributed by atoms with Gasteiger partial charge in [0, 0.05) is 48.4 Å². The van der Waals surface area contributed by atoms with E-state index in [9.17, 15) is 9.90 Å². The Balaban J connectivity index is 1.24. The van der Waals surface area contributed by atoms with Gasteiger partial charge in [-0.05, 0) is 64.3 Å². The normalized spacial score (nSPS) is 22.7. The fourth-order valence-corrected chi connectivity index (χ4v) is 6.18. The predicted molar refractivity (Wildman–Crippen MR) is 148 cm³/mol. The number of hydrogen-bond acceptors (Lipinski definition) is 10. The van der Waals surface area contributed by atoms with E-state index in [2.05, 4.69) is 37.7 Å². The highest BCUT2D eigenvalue weighted by molar-refractivity contribution is 7.15. The molecule has 10 heteroatoms. The van der Waals surface area contributed by atoms with Crippen molar-refractivity contribution in [2.75, 3.05) is 30.3 Å². The number of carbonyl (C=O) groups is 1. The van der Waals surface area contributed by atoms with E-state index in [4.69, 9.17) is 4.98 Å². The number of fused-ring (bicyclic) bond motifs is 1. The van der Waals surface area contributed by atoms with Crippen LogP contribution in [0.3, 0.4) is 0 Å². The van der Waals surface area contributed by atoms with Crippen LogP contribution in [0.1, 0.15) is 56.7 Å². The second-order valence-electron chi connectivity index (χ2n) is 10.3. The Morgan fingerprint density at radius 2 is 2.11 bits per heavy atom. The number of ketones is 1. The van der Waals surface area contributed by atoms with Crippen LogP contribution in [0.15, 0.2) is 30.6 Å². The van der Waals surface area contributed by atoms with Gasteiger partial charge in [-0.2, -0.15) is 0 Å². The van der Waals surface area contributed by atoms with Gasteiger partial charge in [-0.1, -0.05) is 17.8 Å². The van der Waals surface area contributed by atoms with Gasteiger partial charge in [0.2, 0.25) is 0 Å². The summed E-state index contributed by atoms with van der Waals surface area (Å²) < 4.78 is 0. The van der Waals surface area contributed by atoms with Crippen molar-refractivity contribution in [3.63, 3.8) is 0 Å². The largest absolute Gasteiger partial charge is 0.391 e. The molecule has 5 heterocycles. The molecule has 2 fully saturated rings. The molecule has 2 aliphatic rings. The number of thiazole rings is 1. The third-order valence-electron chi connectivity index (χ3n) is 7.23. The number of piperidine rings is 2. The molecular formula is C27H37N7O2S. The smallest absolute Gasteiger partial charge is 0.188 e. The quantitative estimate of drug-likeness (QED) is 0.312. The summed E-state index contributed by atoms with van der Waals surface area (Å²) in [6.07, 6.45) is 10.6. The third kappa shape index (κ3) is 7.01. The topological polar surface area (TPSA) is 115 Å². The molecule has 37 heavy (non-hydrogen) atoms. The molecule has 3 atom stereocenters. The standard InChI is InChI=1S/C27H37N7O2S/c1-18-12-20(13-19(30-18)7-8-21(36)16-34-10-3-2-4-11-34)31-26-23-6-5-9-28-24(23)14-25(32-26)33-27-29-15-22(17-35)37-27/h5-6,9,14-15,18-20,30,35H,2-4,7-8,10-13,16-17H2,1H3,(H2,29,31,32,33). The maximum absolute atomic E-state index is 12.6. The first-order valence-electron chi connectivity index (χ1n) is 13.4. The molecule has 3 aromatic heterocycles. The van der Waals surface area contributed by atoms with Crippen molar-refractivity contribution in [2.45, 2.75) is 76.6 Å². The molecule has 2 aliphatic heterocycles. The van der Waals surface area contributed by atoms with Crippen LogP contribution in [0, 0.1) is 0 Å². The van der Waals surface area contributed by atoms with Gasteiger partial charge in [0.05, 0.1) is 23.5 Å². The first-order valence-corrected chi connectivity index (χ1v) is 14.2. The van der Waals surface area contributed by atoms with Crippen LogP contribution >= 0.6 is 11.3 Å². The van der Waals surface area contributed by atoms with Gasteiger partial charge in [-0.25, -0.2) is 9.97 Å². The Morgan fingerprint density at radius 3 is 2.92 bits per heavy atom. The lowest BCUT2D eigenvalue weighted by Crippen LogP contribution is -2.48. The van der Waals surface area contributed by atoms with E-state index in [-0.39, 0.29) is 12.6 Å². The van der Waals surface area contributed by atoms with Crippen LogP contribution in [0.25, 0.3) is 10.9 Å². The van der Waals surface area contributed by atoms with Crippen LogP contribution in [0.4, 0.5) is 16.8 Å². The van der Waals surface area contributed by atoms with E-state index in [1.54, 1.807) is 12.4 Å². The second-order valence-corrected chi connectivity index (χ2v) is 11.4. The molecule has 0 amide bonds. The second kappa shape index (κ2) is 12.3. The lowest BCUT2D eigenvalue weighted by Gasteiger charge is -2.36. The summed E-state index contributed by atoms with van der Waals surface area (Å²) in [6, 6.07) is 6.78. The van der Waals surface area contributed by atoms with E-state index >= 15 is 0 Å². The number of pyridine rings is 2. The molecule has 0 radical (unpaired) electrons. The minimum absolute atomic E-state index is 0.0300. The molecule has 9 nitrogen and oxygen atoms in total. The first kappa shape index (κ1) is 26.0. The Morgan fingerprint density at radius 1 is 1.24 bits per heavy atom. The molecule has 5 rings (SSSR count). The van der Waals surface area contributed by atoms with Gasteiger partial charge in [0.15, 0.2) is 5.13 Å². The van der Waals surface area contributed by atoms with E-state index in [1.165, 1.54) is 30.6 Å². The number of likely N-dealkylation sites (tertiary alicyclic amines) is 1. The van der Waals surface area contributed by atoms with Gasteiger partial charge in [-0.3, -0.25) is 14.7 Å². The first-order chi connectivity index (χ1) is 18.1. The lowest BCUT2D eigenvalue weighted by molar-refractivity contribution is -0.120. The SMILES string of the molecule is CC1CC(Nc2nc(Nc3ncc(CO)s3)cc3ncccc23)CC(CCC(=O)CN2CCCCC2)N1. The highest BCUT2D eigenvalue weighted by atomic mass is 32.1. The van der Waals surface area contributed by atoms with Crippen LogP contribution in [-0.2, 0) is 11.4 Å². The maximum Gasteiger partial charge on any atom is 0.188 e. The summed E-state index contributed by atoms with van der Waals surface area (Å²) in [5.74, 6) is 1.82. The number of aliphatic hydroxyl groups excluding tert-OH is 1. The summed E-state index contributed by atoms with van der Waals surface area (Å²) in [5, 5.41) is 21.7. The van der Waals surface area contributed by atoms with Gasteiger partial charge in [-0.15, -0.1) is 0 Å². The zero-order chi connectivity index (χ0) is 25.6. The molecule has 0 spiro atoms. The third-order valence-corrected chi connectivity index (χ3v) is 8.13. The van der Waals surface area contributed by atoms with Crippen molar-refractivity contribution in [3.8, 4) is 0 Å². The highest BCUT2D eigenvalue weighted by Crippen LogP contribution is 2.29. The van der Waals surface area contributed by atoms with E-state index in [0.717, 1.165) is 53.9 Å². The van der Waals surface area contributed by atoms with Crippen LogP contribution in [0.2, 0.25) is 0 Å². The molecule has 4 N–H and O–H groups in total. The minimum Gasteiger partial charge on any atom is -0.391 e. The number of aromatic nitrogens is 3. The van der Waals surface area contributed by atoms with Crippen LogP contribution in [0.5, 0.6) is 0 Å². The molecule has 0 bridgehead atoms. The monoisotopic (exact) mass is 523 g/mol. The van der Waals surface area contributed by atoms with Gasteiger partial charge >= 0.3 is 0 Å². The van der Waals surface area contributed by atoms with Gasteiger partial charge in [0.25, 0.3) is 0 Å². The van der Waals surface area contributed by atoms with Gasteiger partial charge in [0.1, 0.15) is 17.4 Å². The zero-order valence-electron chi connectivity index (χ0n) is 21.4. The fourth-order valence-electron chi connectivity index (χ4n) is 5.50. The molecule has 2 saturated heterocycles. The average molecular weight is 524 g/mol. The Labute approximate surface area is 222 Å². The van der Waals surface area contributed by atoms with Crippen molar-refractivity contribution in [3.05, 3.63) is 35.5 Å². The molecular weight excluding hydrogens is 486 g/mol. The molecule has 0 aliphatic carbocycles. The molecule has 0 saturated carbocycles. The van der Waals surface area contributed by atoms with E-state index in [1.807, 2.05) is 18.2 Å². The summed E-state index contributed by atoms with van der Waals surface area (Å²) >= 11 is 1.40. The number of carbonyl (C=O) groups excluding carboxylic acids is 1. The molecule has 3 aromatic rings. The van der Waals surface area contributed by atoms with Crippen molar-refractivity contribution in [1.29, 1.82) is 0 Å². The predicted octanol–water partition coefficient (Wildman–Crippen LogP) is 4.08. The minimum atomic E-state index is -0.0300. The van der Waals surface area contributed by atoms with Crippen LogP contribution < -0.4 is 16.0 Å². The van der Waals surface area contributed by atoms with Crippen molar-refractivity contribution < 1.29 is 9.90 Å². The number of hydrogen-bond donors (Lipinski definition) is 4. The average Bonchev–Trinajstić information content (AvgIpc) is 3.35. The summed E-state index contributed by atoms with van der Waals surface area (Å²) in [4.78, 5) is 29.5. The summed E-state index contributed by atoms with van der Waals surface area (Å²) in [6.45, 7) is 4.91. The van der Waals surface area contributed by atoms with E-state index in [0.29, 0.717) is 41.8 Å². The van der Waals surface area contributed by atoms with E-state index < -0.39 is 0 Å². The number of nitrogens with zero attached hydrogens (tertiary/aromatic N) is 4. The fraction of sp³-hybridized carbons (Fsp3) is 0.556. The number of Topliss-reactive ketones (excluding diaryl/α,β-unsaturated/α-hetero) is 1. The Hall–Kier alpha value is -2.66. The highest BCUT2D eigenvalue weighted by Gasteiger charge is 2.27. The Kier molecular flexibility index (Phi) is 8.60. The summed E-state index contributed by atoms with van der Waals surface area (Å²) in [7, 11) is 0. The number of anilines is 3. The number of rotatable bonds is 10. The van der Waals surface area contributed by atoms with Gasteiger partial charge < -0.3 is 21.1 Å². The molecule has 3 unspecified atom stereocenters. The summed E-state index contributed by atoms with van der Waals surface area (Å²) in [5.41, 5.74) is 0.850. The van der Waals surface area contributed by atoms with Crippen molar-refractivity contribution >= 4 is 44.8 Å². The van der Waals surface area contributed by atoms with Crippen molar-refractivity contribution in [2.24, 2.45) is 0 Å².